The van der Waals surface area contributed by atoms with E-state index in [1.54, 1.807) is 0 Å². The lowest BCUT2D eigenvalue weighted by molar-refractivity contribution is 0.656. The van der Waals surface area contributed by atoms with E-state index in [1.807, 2.05) is 18.2 Å². The third-order valence-electron chi connectivity index (χ3n) is 2.87. The fourth-order valence-electron chi connectivity index (χ4n) is 1.66. The summed E-state index contributed by atoms with van der Waals surface area (Å²) in [6.45, 7) is 14.1. The quantitative estimate of drug-likeness (QED) is 0.294. The molecule has 0 saturated heterocycles. The Morgan fingerprint density at radius 3 is 1.67 bits per heavy atom. The second-order valence-electron chi connectivity index (χ2n) is 4.70. The molecule has 0 saturated carbocycles. The maximum Gasteiger partial charge on any atom is -0.0279 e. The Labute approximate surface area is 116 Å². The lowest BCUT2D eigenvalue weighted by Gasteiger charge is -1.98. The highest BCUT2D eigenvalue weighted by Crippen LogP contribution is 2.09. The molecule has 0 aromatic heterocycles. The van der Waals surface area contributed by atoms with Gasteiger partial charge in [0.25, 0.3) is 0 Å². The lowest BCUT2D eigenvalue weighted by atomic mass is 10.1. The van der Waals surface area contributed by atoms with E-state index in [1.165, 1.54) is 56.9 Å². The zero-order chi connectivity index (χ0) is 14.1. The van der Waals surface area contributed by atoms with E-state index in [9.17, 15) is 0 Å². The highest BCUT2D eigenvalue weighted by molar-refractivity contribution is 5.20. The number of unbranched alkanes of at least 4 members (excludes halogenated alkanes) is 6. The van der Waals surface area contributed by atoms with E-state index in [4.69, 9.17) is 0 Å². The molecule has 0 amide bonds. The van der Waals surface area contributed by atoms with E-state index in [-0.39, 0.29) is 0 Å². The summed E-state index contributed by atoms with van der Waals surface area (Å²) in [5.74, 6) is 0. The average Bonchev–Trinajstić information content (AvgIpc) is 2.39. The molecule has 18 heavy (non-hydrogen) atoms. The van der Waals surface area contributed by atoms with Crippen LogP contribution in [0.3, 0.4) is 0 Å². The van der Waals surface area contributed by atoms with E-state index < -0.39 is 0 Å². The van der Waals surface area contributed by atoms with Crippen molar-refractivity contribution in [3.05, 3.63) is 37.0 Å². The van der Waals surface area contributed by atoms with Crippen LogP contribution in [-0.2, 0) is 0 Å². The van der Waals surface area contributed by atoms with Gasteiger partial charge in [-0.3, -0.25) is 0 Å². The van der Waals surface area contributed by atoms with Crippen LogP contribution >= 0.6 is 0 Å². The van der Waals surface area contributed by atoms with Crippen molar-refractivity contribution in [3.63, 3.8) is 0 Å². The molecule has 0 rings (SSSR count). The summed E-state index contributed by atoms with van der Waals surface area (Å²) < 4.78 is 0. The van der Waals surface area contributed by atoms with Crippen molar-refractivity contribution < 1.29 is 0 Å². The first kappa shape index (κ1) is 19.6. The van der Waals surface area contributed by atoms with E-state index in [0.29, 0.717) is 0 Å². The highest BCUT2D eigenvalue weighted by atomic mass is 14.0. The van der Waals surface area contributed by atoms with Gasteiger partial charge in [-0.2, -0.15) is 0 Å². The molecule has 106 valence electrons. The van der Waals surface area contributed by atoms with Gasteiger partial charge < -0.3 is 0 Å². The highest BCUT2D eigenvalue weighted by Gasteiger charge is 1.89. The topological polar surface area (TPSA) is 0 Å². The van der Waals surface area contributed by atoms with Crippen LogP contribution in [0.25, 0.3) is 0 Å². The first-order chi connectivity index (χ1) is 8.76. The van der Waals surface area contributed by atoms with Gasteiger partial charge in [-0.15, -0.1) is 0 Å². The third-order valence-corrected chi connectivity index (χ3v) is 2.87. The number of hydrogen-bond acceptors (Lipinski definition) is 0. The van der Waals surface area contributed by atoms with E-state index in [2.05, 4.69) is 33.9 Å². The molecule has 0 spiro atoms. The molecule has 0 aromatic carbocycles. The van der Waals surface area contributed by atoms with Crippen molar-refractivity contribution in [1.82, 2.24) is 0 Å². The first-order valence-electron chi connectivity index (χ1n) is 7.70. The van der Waals surface area contributed by atoms with Crippen molar-refractivity contribution in [2.24, 2.45) is 0 Å². The Morgan fingerprint density at radius 1 is 0.778 bits per heavy atom. The zero-order valence-electron chi connectivity index (χ0n) is 13.0. The predicted octanol–water partition coefficient (Wildman–Crippen LogP) is 6.84. The summed E-state index contributed by atoms with van der Waals surface area (Å²) >= 11 is 0. The van der Waals surface area contributed by atoms with Crippen LogP contribution in [0.2, 0.25) is 0 Å². The van der Waals surface area contributed by atoms with Gasteiger partial charge in [-0.1, -0.05) is 97.1 Å². The van der Waals surface area contributed by atoms with E-state index in [0.717, 1.165) is 6.42 Å². The second-order valence-corrected chi connectivity index (χ2v) is 4.70. The Hall–Kier alpha value is -0.780. The van der Waals surface area contributed by atoms with Gasteiger partial charge in [0.2, 0.25) is 0 Å². The summed E-state index contributed by atoms with van der Waals surface area (Å²) in [5, 5.41) is 0. The fourth-order valence-corrected chi connectivity index (χ4v) is 1.66. The number of rotatable bonds is 10. The standard InChI is InChI=1S/C11H18.C7H16/c1-4-7-8-10-11(6-3)9-5-2;1-3-5-7-6-4-2/h5-6,9H,2-4,7-8,10H2,1H3;3-7H2,1-2H3/b11-9+;. The second kappa shape index (κ2) is 18.6. The van der Waals surface area contributed by atoms with Crippen LogP contribution in [0.5, 0.6) is 0 Å². The van der Waals surface area contributed by atoms with E-state index >= 15 is 0 Å². The van der Waals surface area contributed by atoms with Crippen molar-refractivity contribution in [2.75, 3.05) is 0 Å². The molecule has 0 fully saturated rings. The van der Waals surface area contributed by atoms with Crippen LogP contribution in [0.4, 0.5) is 0 Å². The van der Waals surface area contributed by atoms with Gasteiger partial charge in [0.05, 0.1) is 0 Å². The zero-order valence-corrected chi connectivity index (χ0v) is 13.0. The lowest BCUT2D eigenvalue weighted by Crippen LogP contribution is -1.78. The van der Waals surface area contributed by atoms with Crippen LogP contribution in [0.15, 0.2) is 37.0 Å². The van der Waals surface area contributed by atoms with Crippen molar-refractivity contribution in [1.29, 1.82) is 0 Å². The summed E-state index contributed by atoms with van der Waals surface area (Å²) in [4.78, 5) is 0. The average molecular weight is 250 g/mol. The first-order valence-corrected chi connectivity index (χ1v) is 7.70. The Kier molecular flexibility index (Phi) is 20.2. The Bertz CT molecular complexity index is 194. The largest absolute Gasteiger partial charge is 0.0991 e. The number of allylic oxidation sites excluding steroid dienone is 4. The minimum atomic E-state index is 1.14. The van der Waals surface area contributed by atoms with Crippen molar-refractivity contribution >= 4 is 0 Å². The molecule has 0 atom stereocenters. The van der Waals surface area contributed by atoms with Gasteiger partial charge in [-0.25, -0.2) is 0 Å². The molecule has 0 bridgehead atoms. The SMILES string of the molecule is C=C/C=C(\C=C)CCCCC.CCCCCCC. The predicted molar refractivity (Wildman–Crippen MR) is 87.1 cm³/mol. The van der Waals surface area contributed by atoms with Crippen LogP contribution < -0.4 is 0 Å². The summed E-state index contributed by atoms with van der Waals surface area (Å²) in [7, 11) is 0. The smallest absolute Gasteiger partial charge is 0.0279 e. The minimum absolute atomic E-state index is 1.14. The van der Waals surface area contributed by atoms with Crippen LogP contribution in [0, 0.1) is 0 Å². The van der Waals surface area contributed by atoms with Crippen LogP contribution in [0.1, 0.15) is 78.6 Å². The minimum Gasteiger partial charge on any atom is -0.0991 e. The maximum atomic E-state index is 3.74. The molecule has 0 aliphatic carbocycles. The molecule has 0 aliphatic heterocycles. The number of hydrogen-bond donors (Lipinski definition) is 0. The van der Waals surface area contributed by atoms with Crippen molar-refractivity contribution in [3.8, 4) is 0 Å². The molecular weight excluding hydrogens is 216 g/mol. The fraction of sp³-hybridized carbons (Fsp3) is 0.667. The van der Waals surface area contributed by atoms with Gasteiger partial charge in [-0.05, 0) is 18.4 Å². The molecule has 0 aromatic rings. The molecule has 0 heteroatoms. The summed E-state index contributed by atoms with van der Waals surface area (Å²) in [6, 6.07) is 0. The van der Waals surface area contributed by atoms with Crippen molar-refractivity contribution in [2.45, 2.75) is 78.6 Å². The summed E-state index contributed by atoms with van der Waals surface area (Å²) in [6.07, 6.45) is 17.8. The Morgan fingerprint density at radius 2 is 1.28 bits per heavy atom. The molecule has 0 unspecified atom stereocenters. The van der Waals surface area contributed by atoms with Crippen LogP contribution in [-0.4, -0.2) is 0 Å². The monoisotopic (exact) mass is 250 g/mol. The van der Waals surface area contributed by atoms with Gasteiger partial charge >= 0.3 is 0 Å². The molecule has 0 radical (unpaired) electrons. The Balaban J connectivity index is 0. The normalized spacial score (nSPS) is 10.5. The third kappa shape index (κ3) is 17.6. The molecule has 0 nitrogen and oxygen atoms in total. The van der Waals surface area contributed by atoms with Gasteiger partial charge in [0.1, 0.15) is 0 Å². The maximum absolute atomic E-state index is 3.74. The van der Waals surface area contributed by atoms with Gasteiger partial charge in [0, 0.05) is 0 Å². The molecule has 0 aliphatic rings. The summed E-state index contributed by atoms with van der Waals surface area (Å²) in [5.41, 5.74) is 1.30. The molecular formula is C18H34. The molecule has 0 N–H and O–H groups in total. The molecule has 0 heterocycles. The van der Waals surface area contributed by atoms with Gasteiger partial charge in [0.15, 0.2) is 0 Å².